The Balaban J connectivity index is 1.70. The Bertz CT molecular complexity index is 1020. The van der Waals surface area contributed by atoms with Crippen molar-refractivity contribution in [3.63, 3.8) is 0 Å². The van der Waals surface area contributed by atoms with Crippen molar-refractivity contribution in [3.8, 4) is 11.1 Å². The first-order valence-electron chi connectivity index (χ1n) is 7.80. The van der Waals surface area contributed by atoms with Crippen LogP contribution in [0.3, 0.4) is 0 Å². The van der Waals surface area contributed by atoms with Crippen LogP contribution in [0.4, 0.5) is 11.4 Å². The molecular weight excluding hydrogens is 334 g/mol. The van der Waals surface area contributed by atoms with Gasteiger partial charge in [-0.3, -0.25) is 0 Å². The molecule has 3 aromatic carbocycles. The van der Waals surface area contributed by atoms with E-state index < -0.39 is 0 Å². The maximum absolute atomic E-state index is 6.13. The number of fused-ring (bicyclic) bond motifs is 1. The van der Waals surface area contributed by atoms with Crippen LogP contribution >= 0.6 is 22.9 Å². The first kappa shape index (κ1) is 15.3. The van der Waals surface area contributed by atoms with Crippen LogP contribution in [0.25, 0.3) is 21.2 Å². The zero-order valence-electron chi connectivity index (χ0n) is 13.2. The van der Waals surface area contributed by atoms with E-state index in [2.05, 4.69) is 66.2 Å². The van der Waals surface area contributed by atoms with Gasteiger partial charge >= 0.3 is 0 Å². The molecular formula is C21H16ClNS. The topological polar surface area (TPSA) is 12.0 Å². The predicted molar refractivity (Wildman–Crippen MR) is 107 cm³/mol. The second kappa shape index (κ2) is 6.31. The minimum atomic E-state index is 0.755. The van der Waals surface area contributed by atoms with E-state index in [1.165, 1.54) is 15.6 Å². The van der Waals surface area contributed by atoms with Gasteiger partial charge in [0.05, 0.1) is 0 Å². The summed E-state index contributed by atoms with van der Waals surface area (Å²) in [5, 5.41) is 7.70. The van der Waals surface area contributed by atoms with Gasteiger partial charge in [0.1, 0.15) is 0 Å². The van der Waals surface area contributed by atoms with E-state index in [1.807, 2.05) is 18.2 Å². The maximum Gasteiger partial charge on any atom is 0.0420 e. The second-order valence-electron chi connectivity index (χ2n) is 5.84. The van der Waals surface area contributed by atoms with Crippen LogP contribution in [0.15, 0.2) is 72.1 Å². The van der Waals surface area contributed by atoms with Gasteiger partial charge in [0.15, 0.2) is 0 Å². The van der Waals surface area contributed by atoms with Gasteiger partial charge in [-0.2, -0.15) is 0 Å². The van der Waals surface area contributed by atoms with E-state index in [-0.39, 0.29) is 0 Å². The van der Waals surface area contributed by atoms with Crippen LogP contribution in [-0.4, -0.2) is 0 Å². The minimum absolute atomic E-state index is 0.755. The van der Waals surface area contributed by atoms with Crippen LogP contribution in [0.5, 0.6) is 0 Å². The van der Waals surface area contributed by atoms with Crippen molar-refractivity contribution in [1.82, 2.24) is 0 Å². The number of benzene rings is 3. The summed E-state index contributed by atoms with van der Waals surface area (Å²) in [4.78, 5) is 0. The molecule has 0 amide bonds. The SMILES string of the molecule is Cc1ccc(-c2cccc(Cl)c2)cc1Nc1ccc2sccc2c1. The van der Waals surface area contributed by atoms with Crippen molar-refractivity contribution in [2.24, 2.45) is 0 Å². The standard InChI is InChI=1S/C21H16ClNS/c1-14-5-6-16(15-3-2-4-18(22)11-15)13-20(14)23-19-7-8-21-17(12-19)9-10-24-21/h2-13,23H,1H3. The van der Waals surface area contributed by atoms with Crippen LogP contribution in [0, 0.1) is 6.92 Å². The van der Waals surface area contributed by atoms with Crippen molar-refractivity contribution < 1.29 is 0 Å². The predicted octanol–water partition coefficient (Wildman–Crippen LogP) is 7.27. The minimum Gasteiger partial charge on any atom is -0.355 e. The zero-order valence-corrected chi connectivity index (χ0v) is 14.8. The highest BCUT2D eigenvalue weighted by Crippen LogP contribution is 2.30. The maximum atomic E-state index is 6.13. The van der Waals surface area contributed by atoms with Gasteiger partial charge < -0.3 is 5.32 Å². The Labute approximate surface area is 150 Å². The van der Waals surface area contributed by atoms with Crippen molar-refractivity contribution in [2.45, 2.75) is 6.92 Å². The van der Waals surface area contributed by atoms with Gasteiger partial charge in [-0.1, -0.05) is 35.9 Å². The molecule has 0 aliphatic carbocycles. The summed E-state index contributed by atoms with van der Waals surface area (Å²) < 4.78 is 1.31. The van der Waals surface area contributed by atoms with Crippen LogP contribution in [-0.2, 0) is 0 Å². The molecule has 0 aliphatic heterocycles. The highest BCUT2D eigenvalue weighted by molar-refractivity contribution is 7.17. The number of anilines is 2. The third-order valence-corrected chi connectivity index (χ3v) is 5.26. The molecule has 0 spiro atoms. The lowest BCUT2D eigenvalue weighted by Crippen LogP contribution is -1.93. The molecule has 1 heterocycles. The number of thiophene rings is 1. The molecule has 1 nitrogen and oxygen atoms in total. The molecule has 0 saturated carbocycles. The Hall–Kier alpha value is -2.29. The summed E-state index contributed by atoms with van der Waals surface area (Å²) >= 11 is 7.89. The first-order valence-corrected chi connectivity index (χ1v) is 9.06. The van der Waals surface area contributed by atoms with E-state index in [9.17, 15) is 0 Å². The lowest BCUT2D eigenvalue weighted by Gasteiger charge is -2.12. The fraction of sp³-hybridized carbons (Fsp3) is 0.0476. The smallest absolute Gasteiger partial charge is 0.0420 e. The average molecular weight is 350 g/mol. The lowest BCUT2D eigenvalue weighted by atomic mass is 10.0. The number of rotatable bonds is 3. The van der Waals surface area contributed by atoms with Crippen molar-refractivity contribution in [3.05, 3.63) is 82.7 Å². The summed E-state index contributed by atoms with van der Waals surface area (Å²) in [7, 11) is 0. The Kier molecular flexibility index (Phi) is 4.01. The third kappa shape index (κ3) is 3.03. The number of hydrogen-bond donors (Lipinski definition) is 1. The highest BCUT2D eigenvalue weighted by Gasteiger charge is 2.05. The molecule has 0 fully saturated rings. The van der Waals surface area contributed by atoms with Gasteiger partial charge in [0, 0.05) is 21.1 Å². The fourth-order valence-electron chi connectivity index (χ4n) is 2.80. The third-order valence-electron chi connectivity index (χ3n) is 4.13. The lowest BCUT2D eigenvalue weighted by molar-refractivity contribution is 1.43. The van der Waals surface area contributed by atoms with Crippen molar-refractivity contribution in [1.29, 1.82) is 0 Å². The normalized spacial score (nSPS) is 10.9. The van der Waals surface area contributed by atoms with E-state index >= 15 is 0 Å². The number of aryl methyl sites for hydroxylation is 1. The molecule has 118 valence electrons. The van der Waals surface area contributed by atoms with Crippen LogP contribution in [0.2, 0.25) is 5.02 Å². The quantitative estimate of drug-likeness (QED) is 0.410. The Morgan fingerprint density at radius 1 is 0.875 bits per heavy atom. The molecule has 0 unspecified atom stereocenters. The van der Waals surface area contributed by atoms with Gasteiger partial charge in [0.25, 0.3) is 0 Å². The van der Waals surface area contributed by atoms with Gasteiger partial charge in [-0.25, -0.2) is 0 Å². The summed E-state index contributed by atoms with van der Waals surface area (Å²) in [5.41, 5.74) is 5.71. The molecule has 1 aromatic heterocycles. The summed E-state index contributed by atoms with van der Waals surface area (Å²) in [5.74, 6) is 0. The summed E-state index contributed by atoms with van der Waals surface area (Å²) in [6.07, 6.45) is 0. The van der Waals surface area contributed by atoms with E-state index in [0.29, 0.717) is 0 Å². The molecule has 1 N–H and O–H groups in total. The molecule has 0 bridgehead atoms. The Morgan fingerprint density at radius 3 is 2.62 bits per heavy atom. The number of hydrogen-bond acceptors (Lipinski definition) is 2. The van der Waals surface area contributed by atoms with Gasteiger partial charge in [-0.05, 0) is 76.8 Å². The van der Waals surface area contributed by atoms with Crippen molar-refractivity contribution in [2.75, 3.05) is 5.32 Å². The van der Waals surface area contributed by atoms with E-state index in [0.717, 1.165) is 27.5 Å². The zero-order chi connectivity index (χ0) is 16.5. The summed E-state index contributed by atoms with van der Waals surface area (Å²) in [6.45, 7) is 2.12. The summed E-state index contributed by atoms with van der Waals surface area (Å²) in [6, 6.07) is 23.0. The molecule has 0 aliphatic rings. The second-order valence-corrected chi connectivity index (χ2v) is 7.22. The van der Waals surface area contributed by atoms with E-state index in [1.54, 1.807) is 11.3 Å². The average Bonchev–Trinajstić information content (AvgIpc) is 3.04. The molecule has 4 aromatic rings. The van der Waals surface area contributed by atoms with E-state index in [4.69, 9.17) is 11.6 Å². The monoisotopic (exact) mass is 349 g/mol. The first-order chi connectivity index (χ1) is 11.7. The van der Waals surface area contributed by atoms with Gasteiger partial charge in [0.2, 0.25) is 0 Å². The fourth-order valence-corrected chi connectivity index (χ4v) is 3.77. The molecule has 0 saturated heterocycles. The van der Waals surface area contributed by atoms with Crippen LogP contribution in [0.1, 0.15) is 5.56 Å². The molecule has 3 heteroatoms. The van der Waals surface area contributed by atoms with Crippen LogP contribution < -0.4 is 5.32 Å². The molecule has 4 rings (SSSR count). The molecule has 0 radical (unpaired) electrons. The number of halogens is 1. The Morgan fingerprint density at radius 2 is 1.75 bits per heavy atom. The van der Waals surface area contributed by atoms with Gasteiger partial charge in [-0.15, -0.1) is 11.3 Å². The largest absolute Gasteiger partial charge is 0.355 e. The molecule has 24 heavy (non-hydrogen) atoms. The highest BCUT2D eigenvalue weighted by atomic mass is 35.5. The van der Waals surface area contributed by atoms with Crippen molar-refractivity contribution >= 4 is 44.4 Å². The number of nitrogens with one attached hydrogen (secondary N) is 1. The molecule has 0 atom stereocenters.